The van der Waals surface area contributed by atoms with Gasteiger partial charge in [-0.3, -0.25) is 9.59 Å². The molecule has 0 heterocycles. The van der Waals surface area contributed by atoms with Crippen molar-refractivity contribution < 1.29 is 19.4 Å². The summed E-state index contributed by atoms with van der Waals surface area (Å²) in [5.41, 5.74) is 0.905. The number of hydrogen-bond acceptors (Lipinski definition) is 3. The lowest BCUT2D eigenvalue weighted by atomic mass is 10.1. The van der Waals surface area contributed by atoms with E-state index in [4.69, 9.17) is 21.4 Å². The Morgan fingerprint density at radius 1 is 1.40 bits per heavy atom. The van der Waals surface area contributed by atoms with Crippen LogP contribution in [0.25, 0.3) is 0 Å². The Kier molecular flexibility index (Phi) is 4.62. The first kappa shape index (κ1) is 14.8. The Hall–Kier alpha value is -1.59. The van der Waals surface area contributed by atoms with Crippen molar-refractivity contribution in [3.63, 3.8) is 0 Å². The van der Waals surface area contributed by atoms with Crippen molar-refractivity contribution in [1.82, 2.24) is 5.32 Å². The van der Waals surface area contributed by atoms with Crippen molar-refractivity contribution in [3.05, 3.63) is 34.9 Å². The van der Waals surface area contributed by atoms with Crippen molar-refractivity contribution in [2.45, 2.75) is 12.5 Å². The predicted molar refractivity (Wildman–Crippen MR) is 73.4 cm³/mol. The fraction of sp³-hybridized carbons (Fsp3) is 0.429. The topological polar surface area (TPSA) is 75.6 Å². The number of amides is 1. The first-order valence-corrected chi connectivity index (χ1v) is 6.69. The molecule has 2 rings (SSSR count). The van der Waals surface area contributed by atoms with Crippen molar-refractivity contribution in [2.75, 3.05) is 13.7 Å². The number of hydrogen-bond donors (Lipinski definition) is 2. The van der Waals surface area contributed by atoms with Gasteiger partial charge in [-0.15, -0.1) is 0 Å². The molecule has 108 valence electrons. The molecule has 1 amide bonds. The molecule has 6 heteroatoms. The van der Waals surface area contributed by atoms with E-state index in [2.05, 4.69) is 5.32 Å². The van der Waals surface area contributed by atoms with Gasteiger partial charge in [-0.1, -0.05) is 23.7 Å². The van der Waals surface area contributed by atoms with Crippen LogP contribution in [0.5, 0.6) is 0 Å². The molecule has 0 aromatic heterocycles. The molecule has 3 atom stereocenters. The largest absolute Gasteiger partial charge is 0.481 e. The Balaban J connectivity index is 1.87. The van der Waals surface area contributed by atoms with Gasteiger partial charge in [-0.05, 0) is 24.1 Å². The Morgan fingerprint density at radius 2 is 2.05 bits per heavy atom. The minimum Gasteiger partial charge on any atom is -0.481 e. The van der Waals surface area contributed by atoms with Gasteiger partial charge in [0.1, 0.15) is 0 Å². The third kappa shape index (κ3) is 3.49. The second-order valence-electron chi connectivity index (χ2n) is 4.81. The first-order valence-electron chi connectivity index (χ1n) is 6.31. The lowest BCUT2D eigenvalue weighted by Gasteiger charge is -2.16. The lowest BCUT2D eigenvalue weighted by Crippen LogP contribution is -2.31. The van der Waals surface area contributed by atoms with Crippen molar-refractivity contribution in [3.8, 4) is 0 Å². The highest BCUT2D eigenvalue weighted by Gasteiger charge is 2.48. The number of halogens is 1. The zero-order valence-electron chi connectivity index (χ0n) is 11.0. The van der Waals surface area contributed by atoms with Gasteiger partial charge in [-0.25, -0.2) is 0 Å². The molecule has 0 saturated heterocycles. The van der Waals surface area contributed by atoms with Crippen LogP contribution < -0.4 is 5.32 Å². The molecule has 0 aliphatic heterocycles. The van der Waals surface area contributed by atoms with E-state index in [0.717, 1.165) is 5.56 Å². The van der Waals surface area contributed by atoms with Crippen LogP contribution in [0.1, 0.15) is 18.1 Å². The summed E-state index contributed by atoms with van der Waals surface area (Å²) in [6, 6.07) is 7.18. The van der Waals surface area contributed by atoms with Gasteiger partial charge in [0.15, 0.2) is 0 Å². The van der Waals surface area contributed by atoms with E-state index in [1.807, 2.05) is 12.1 Å². The van der Waals surface area contributed by atoms with Crippen LogP contribution in [0.15, 0.2) is 24.3 Å². The maximum absolute atomic E-state index is 11.8. The number of rotatable bonds is 6. The van der Waals surface area contributed by atoms with E-state index in [1.165, 1.54) is 0 Å². The molecule has 1 fully saturated rings. The zero-order chi connectivity index (χ0) is 14.7. The number of carbonyl (C=O) groups excluding carboxylic acids is 1. The standard InChI is InChI=1S/C14H16ClNO4/c1-20-12(8-2-4-9(15)5-3-8)7-16-13(17)10-6-11(10)14(18)19/h2-5,10-12H,6-7H2,1H3,(H,16,17)(H,18,19). The number of aliphatic carboxylic acids is 1. The fourth-order valence-corrected chi connectivity index (χ4v) is 2.22. The molecule has 2 N–H and O–H groups in total. The number of methoxy groups -OCH3 is 1. The minimum atomic E-state index is -0.911. The smallest absolute Gasteiger partial charge is 0.307 e. The summed E-state index contributed by atoms with van der Waals surface area (Å²) in [4.78, 5) is 22.5. The second-order valence-corrected chi connectivity index (χ2v) is 5.24. The van der Waals surface area contributed by atoms with Gasteiger partial charge in [0, 0.05) is 18.7 Å². The van der Waals surface area contributed by atoms with Crippen LogP contribution in [0, 0.1) is 11.8 Å². The van der Waals surface area contributed by atoms with Gasteiger partial charge in [-0.2, -0.15) is 0 Å². The fourth-order valence-electron chi connectivity index (χ4n) is 2.10. The molecule has 0 radical (unpaired) electrons. The van der Waals surface area contributed by atoms with Crippen molar-refractivity contribution in [1.29, 1.82) is 0 Å². The average Bonchev–Trinajstić information content (AvgIpc) is 3.21. The van der Waals surface area contributed by atoms with E-state index in [9.17, 15) is 9.59 Å². The zero-order valence-corrected chi connectivity index (χ0v) is 11.8. The van der Waals surface area contributed by atoms with Crippen LogP contribution in [0.4, 0.5) is 0 Å². The third-order valence-electron chi connectivity index (χ3n) is 3.43. The molecular weight excluding hydrogens is 282 g/mol. The molecule has 5 nitrogen and oxygen atoms in total. The lowest BCUT2D eigenvalue weighted by molar-refractivity contribution is -0.140. The highest BCUT2D eigenvalue weighted by atomic mass is 35.5. The quantitative estimate of drug-likeness (QED) is 0.840. The summed E-state index contributed by atoms with van der Waals surface area (Å²) >= 11 is 5.82. The van der Waals surface area contributed by atoms with Crippen LogP contribution in [0.2, 0.25) is 5.02 Å². The highest BCUT2D eigenvalue weighted by Crippen LogP contribution is 2.38. The summed E-state index contributed by atoms with van der Waals surface area (Å²) in [6.45, 7) is 0.305. The predicted octanol–water partition coefficient (Wildman–Crippen LogP) is 1.86. The molecule has 0 bridgehead atoms. The number of ether oxygens (including phenoxy) is 1. The third-order valence-corrected chi connectivity index (χ3v) is 3.68. The Labute approximate surface area is 121 Å². The summed E-state index contributed by atoms with van der Waals surface area (Å²) in [5, 5.41) is 12.2. The van der Waals surface area contributed by atoms with Gasteiger partial charge in [0.2, 0.25) is 5.91 Å². The summed E-state index contributed by atoms with van der Waals surface area (Å²) in [6.07, 6.45) is 0.137. The van der Waals surface area contributed by atoms with Gasteiger partial charge >= 0.3 is 5.97 Å². The number of benzene rings is 1. The van der Waals surface area contributed by atoms with Crippen LogP contribution in [-0.4, -0.2) is 30.6 Å². The maximum Gasteiger partial charge on any atom is 0.307 e. The van der Waals surface area contributed by atoms with Gasteiger partial charge in [0.25, 0.3) is 0 Å². The molecule has 1 aromatic rings. The van der Waals surface area contributed by atoms with Crippen LogP contribution in [0.3, 0.4) is 0 Å². The van der Waals surface area contributed by atoms with E-state index in [1.54, 1.807) is 19.2 Å². The first-order chi connectivity index (χ1) is 9.52. The van der Waals surface area contributed by atoms with E-state index in [-0.39, 0.29) is 12.0 Å². The second kappa shape index (κ2) is 6.24. The van der Waals surface area contributed by atoms with Crippen molar-refractivity contribution in [2.24, 2.45) is 11.8 Å². The van der Waals surface area contributed by atoms with E-state index in [0.29, 0.717) is 18.0 Å². The number of nitrogens with one attached hydrogen (secondary N) is 1. The normalized spacial score (nSPS) is 22.1. The van der Waals surface area contributed by atoms with Gasteiger partial charge in [0.05, 0.1) is 17.9 Å². The molecule has 0 spiro atoms. The maximum atomic E-state index is 11.8. The summed E-state index contributed by atoms with van der Waals surface area (Å²) < 4.78 is 5.33. The molecule has 1 saturated carbocycles. The molecule has 3 unspecified atom stereocenters. The molecule has 20 heavy (non-hydrogen) atoms. The molecular formula is C14H16ClNO4. The van der Waals surface area contributed by atoms with Crippen LogP contribution >= 0.6 is 11.6 Å². The number of carbonyl (C=O) groups is 2. The minimum absolute atomic E-state index is 0.228. The summed E-state index contributed by atoms with van der Waals surface area (Å²) in [5.74, 6) is -2.08. The number of carboxylic acid groups (broad SMARTS) is 1. The van der Waals surface area contributed by atoms with Gasteiger partial charge < -0.3 is 15.2 Å². The SMILES string of the molecule is COC(CNC(=O)C1CC1C(=O)O)c1ccc(Cl)cc1. The van der Waals surface area contributed by atoms with E-state index >= 15 is 0 Å². The van der Waals surface area contributed by atoms with E-state index < -0.39 is 17.8 Å². The summed E-state index contributed by atoms with van der Waals surface area (Å²) in [7, 11) is 1.56. The Morgan fingerprint density at radius 3 is 2.55 bits per heavy atom. The average molecular weight is 298 g/mol. The Bertz CT molecular complexity index is 502. The molecule has 1 aliphatic carbocycles. The van der Waals surface area contributed by atoms with Crippen molar-refractivity contribution >= 4 is 23.5 Å². The number of carboxylic acids is 1. The van der Waals surface area contributed by atoms with Crippen LogP contribution in [-0.2, 0) is 14.3 Å². The monoisotopic (exact) mass is 297 g/mol. The molecule has 1 aliphatic rings. The molecule has 1 aromatic carbocycles. The highest BCUT2D eigenvalue weighted by molar-refractivity contribution is 6.30.